The molecule has 0 aliphatic heterocycles. The van der Waals surface area contributed by atoms with Gasteiger partial charge in [-0.1, -0.05) is 49.4 Å². The maximum Gasteiger partial charge on any atom is 0.407 e. The summed E-state index contributed by atoms with van der Waals surface area (Å²) in [6.45, 7) is 6.94. The summed E-state index contributed by atoms with van der Waals surface area (Å²) < 4.78 is 5.41. The first-order valence-electron chi connectivity index (χ1n) is 9.87. The highest BCUT2D eigenvalue weighted by Crippen LogP contribution is 2.30. The molecule has 1 fully saturated rings. The lowest BCUT2D eigenvalue weighted by Gasteiger charge is -2.40. The van der Waals surface area contributed by atoms with Crippen LogP contribution in [0.4, 0.5) is 4.79 Å². The molecule has 144 valence electrons. The number of nitrogens with zero attached hydrogens (tertiary/aromatic N) is 1. The minimum atomic E-state index is -0.315. The molecule has 1 aliphatic rings. The Balaban J connectivity index is 1.91. The maximum absolute atomic E-state index is 12.3. The number of ether oxygens (including phenoxy) is 1. The van der Waals surface area contributed by atoms with Crippen molar-refractivity contribution in [2.45, 2.75) is 71.2 Å². The summed E-state index contributed by atoms with van der Waals surface area (Å²) in [4.78, 5) is 14.7. The van der Waals surface area contributed by atoms with Crippen LogP contribution in [0, 0.1) is 5.92 Å². The van der Waals surface area contributed by atoms with Crippen LogP contribution in [0.5, 0.6) is 0 Å². The zero-order valence-electron chi connectivity index (χ0n) is 16.7. The first kappa shape index (κ1) is 20.5. The van der Waals surface area contributed by atoms with E-state index < -0.39 is 0 Å². The molecule has 0 spiro atoms. The van der Waals surface area contributed by atoms with Crippen LogP contribution in [-0.2, 0) is 11.3 Å². The summed E-state index contributed by atoms with van der Waals surface area (Å²) in [5.74, 6) is 0.360. The monoisotopic (exact) mass is 358 g/mol. The van der Waals surface area contributed by atoms with Gasteiger partial charge in [-0.3, -0.25) is 0 Å². The zero-order chi connectivity index (χ0) is 18.9. The molecule has 0 saturated heterocycles. The highest BCUT2D eigenvalue weighted by atomic mass is 16.5. The number of benzene rings is 1. The van der Waals surface area contributed by atoms with Gasteiger partial charge in [-0.2, -0.15) is 0 Å². The second kappa shape index (κ2) is 10.4. The van der Waals surface area contributed by atoms with Gasteiger partial charge in [-0.05, 0) is 58.1 Å². The maximum atomic E-state index is 12.3. The van der Waals surface area contributed by atoms with Gasteiger partial charge in [0.2, 0.25) is 0 Å². The normalized spacial score (nSPS) is 23.5. The average molecular weight is 359 g/mol. The smallest absolute Gasteiger partial charge is 0.407 e. The van der Waals surface area contributed by atoms with Crippen molar-refractivity contribution in [1.82, 2.24) is 10.2 Å². The van der Waals surface area contributed by atoms with E-state index in [2.05, 4.69) is 50.2 Å². The van der Waals surface area contributed by atoms with E-state index in [1.54, 1.807) is 0 Å². The fourth-order valence-electron chi connectivity index (χ4n) is 3.59. The second-order valence-electron chi connectivity index (χ2n) is 7.54. The minimum Gasteiger partial charge on any atom is -0.445 e. The van der Waals surface area contributed by atoms with Crippen molar-refractivity contribution in [3.8, 4) is 0 Å². The van der Waals surface area contributed by atoms with Gasteiger partial charge in [-0.15, -0.1) is 0 Å². The van der Waals surface area contributed by atoms with Gasteiger partial charge in [0.25, 0.3) is 0 Å². The first-order chi connectivity index (χ1) is 12.5. The number of rotatable bonds is 7. The van der Waals surface area contributed by atoms with Crippen LogP contribution < -0.4 is 5.32 Å². The topological polar surface area (TPSA) is 41.6 Å². The molecule has 26 heavy (non-hydrogen) atoms. The van der Waals surface area contributed by atoms with Gasteiger partial charge in [0.15, 0.2) is 0 Å². The number of alkyl carbamates (subject to hydrolysis) is 1. The Kier molecular flexibility index (Phi) is 8.17. The molecule has 1 aromatic carbocycles. The fraction of sp³-hybridized carbons (Fsp3) is 0.591. The minimum absolute atomic E-state index is 0.151. The number of hydrogen-bond donors (Lipinski definition) is 1. The number of allylic oxidation sites excluding steroid dienone is 1. The molecular formula is C22H34N2O2. The molecule has 1 amide bonds. The SMILES string of the molecule is CCC=C[C@@H]1C[C@H](N(C)C(C)C)CC[C@@H]1NC(=O)OCc1ccccc1. The van der Waals surface area contributed by atoms with E-state index in [0.717, 1.165) is 31.2 Å². The third kappa shape index (κ3) is 6.17. The summed E-state index contributed by atoms with van der Waals surface area (Å²) >= 11 is 0. The van der Waals surface area contributed by atoms with Gasteiger partial charge in [0, 0.05) is 18.1 Å². The number of amides is 1. The third-order valence-electron chi connectivity index (χ3n) is 5.40. The van der Waals surface area contributed by atoms with Crippen molar-refractivity contribution in [3.05, 3.63) is 48.0 Å². The van der Waals surface area contributed by atoms with E-state index in [-0.39, 0.29) is 12.1 Å². The van der Waals surface area contributed by atoms with Crippen molar-refractivity contribution < 1.29 is 9.53 Å². The standard InChI is InChI=1S/C22H34N2O2/c1-5-6-12-19-15-20(24(4)17(2)3)13-14-21(19)23-22(25)26-16-18-10-8-7-9-11-18/h6-12,17,19-21H,5,13-16H2,1-4H3,(H,23,25)/t19-,20-,21+/m1/s1. The molecule has 1 saturated carbocycles. The molecule has 0 heterocycles. The summed E-state index contributed by atoms with van der Waals surface area (Å²) in [7, 11) is 2.21. The van der Waals surface area contributed by atoms with Gasteiger partial charge in [-0.25, -0.2) is 4.79 Å². The Morgan fingerprint density at radius 2 is 2.04 bits per heavy atom. The van der Waals surface area contributed by atoms with Crippen LogP contribution >= 0.6 is 0 Å². The van der Waals surface area contributed by atoms with Crippen LogP contribution in [0.2, 0.25) is 0 Å². The van der Waals surface area contributed by atoms with E-state index in [4.69, 9.17) is 4.74 Å². The lowest BCUT2D eigenvalue weighted by Crippen LogP contribution is -2.49. The molecular weight excluding hydrogens is 324 g/mol. The lowest BCUT2D eigenvalue weighted by atomic mass is 9.80. The highest BCUT2D eigenvalue weighted by molar-refractivity contribution is 5.67. The van der Waals surface area contributed by atoms with Gasteiger partial charge < -0.3 is 15.0 Å². The fourth-order valence-corrected chi connectivity index (χ4v) is 3.59. The second-order valence-corrected chi connectivity index (χ2v) is 7.54. The number of hydrogen-bond acceptors (Lipinski definition) is 3. The predicted molar refractivity (Wildman–Crippen MR) is 107 cm³/mol. The third-order valence-corrected chi connectivity index (χ3v) is 5.40. The summed E-state index contributed by atoms with van der Waals surface area (Å²) in [5.41, 5.74) is 1.01. The quantitative estimate of drug-likeness (QED) is 0.715. The number of carbonyl (C=O) groups is 1. The lowest BCUT2D eigenvalue weighted by molar-refractivity contribution is 0.106. The molecule has 4 heteroatoms. The number of nitrogens with one attached hydrogen (secondary N) is 1. The van der Waals surface area contributed by atoms with E-state index >= 15 is 0 Å². The van der Waals surface area contributed by atoms with Crippen LogP contribution in [0.1, 0.15) is 52.0 Å². The number of carbonyl (C=O) groups excluding carboxylic acids is 1. The van der Waals surface area contributed by atoms with Crippen molar-refractivity contribution in [1.29, 1.82) is 0 Å². The molecule has 0 radical (unpaired) electrons. The molecule has 1 aliphatic carbocycles. The molecule has 4 nitrogen and oxygen atoms in total. The van der Waals surface area contributed by atoms with Gasteiger partial charge in [0.1, 0.15) is 6.61 Å². The van der Waals surface area contributed by atoms with Crippen molar-refractivity contribution in [2.24, 2.45) is 5.92 Å². The highest BCUT2D eigenvalue weighted by Gasteiger charge is 2.32. The summed E-state index contributed by atoms with van der Waals surface area (Å²) in [6, 6.07) is 11.1. The zero-order valence-corrected chi connectivity index (χ0v) is 16.7. The van der Waals surface area contributed by atoms with Crippen LogP contribution in [0.3, 0.4) is 0 Å². The molecule has 1 aromatic rings. The van der Waals surface area contributed by atoms with Crippen LogP contribution in [-0.4, -0.2) is 36.2 Å². The summed E-state index contributed by atoms with van der Waals surface area (Å²) in [5, 5.41) is 3.11. The molecule has 0 bridgehead atoms. The van der Waals surface area contributed by atoms with Crippen LogP contribution in [0.25, 0.3) is 0 Å². The Morgan fingerprint density at radius 1 is 1.31 bits per heavy atom. The Bertz CT molecular complexity index is 571. The van der Waals surface area contributed by atoms with E-state index in [1.807, 2.05) is 30.3 Å². The van der Waals surface area contributed by atoms with E-state index in [9.17, 15) is 4.79 Å². The van der Waals surface area contributed by atoms with E-state index in [0.29, 0.717) is 24.6 Å². The molecule has 0 aromatic heterocycles. The Hall–Kier alpha value is -1.81. The van der Waals surface area contributed by atoms with Crippen molar-refractivity contribution in [3.63, 3.8) is 0 Å². The predicted octanol–water partition coefficient (Wildman–Crippen LogP) is 4.76. The summed E-state index contributed by atoms with van der Waals surface area (Å²) in [6.07, 6.45) is 8.37. The van der Waals surface area contributed by atoms with Gasteiger partial charge in [0.05, 0.1) is 0 Å². The Labute approximate surface area is 158 Å². The van der Waals surface area contributed by atoms with Crippen LogP contribution in [0.15, 0.2) is 42.5 Å². The van der Waals surface area contributed by atoms with Crippen molar-refractivity contribution >= 4 is 6.09 Å². The first-order valence-corrected chi connectivity index (χ1v) is 9.87. The largest absolute Gasteiger partial charge is 0.445 e. The average Bonchev–Trinajstić information content (AvgIpc) is 2.65. The molecule has 3 atom stereocenters. The molecule has 0 unspecified atom stereocenters. The van der Waals surface area contributed by atoms with E-state index in [1.165, 1.54) is 0 Å². The van der Waals surface area contributed by atoms with Crippen molar-refractivity contribution in [2.75, 3.05) is 7.05 Å². The Morgan fingerprint density at radius 3 is 2.69 bits per heavy atom. The molecule has 1 N–H and O–H groups in total. The molecule has 2 rings (SSSR count). The van der Waals surface area contributed by atoms with Gasteiger partial charge >= 0.3 is 6.09 Å².